The number of para-hydroxylation sites is 2. The van der Waals surface area contributed by atoms with Crippen molar-refractivity contribution in [1.29, 1.82) is 0 Å². The molecule has 2 aromatic carbocycles. The van der Waals surface area contributed by atoms with E-state index in [1.54, 1.807) is 49.6 Å². The fourth-order valence-corrected chi connectivity index (χ4v) is 3.73. The molecule has 0 aliphatic carbocycles. The molecule has 2 aromatic rings. The first-order valence-corrected chi connectivity index (χ1v) is 9.07. The Bertz CT molecular complexity index is 924. The SMILES string of the molecule is COc1ccccc1N1C(=O)/C(=C\c2ccc(OCC(=O)O)cc2)SC1=S. The van der Waals surface area contributed by atoms with Crippen molar-refractivity contribution in [3.63, 3.8) is 0 Å². The standard InChI is InChI=1S/C19H15NO5S2/c1-24-15-5-3-2-4-14(15)20-18(23)16(27-19(20)26)10-12-6-8-13(9-7-12)25-11-17(21)22/h2-10H,11H2,1H3,(H,21,22)/b16-10+. The van der Waals surface area contributed by atoms with Crippen LogP contribution in [0.4, 0.5) is 5.69 Å². The molecule has 1 aliphatic rings. The number of carboxylic acids is 1. The number of ether oxygens (including phenoxy) is 2. The van der Waals surface area contributed by atoms with Crippen molar-refractivity contribution in [2.24, 2.45) is 0 Å². The van der Waals surface area contributed by atoms with E-state index in [2.05, 4.69) is 0 Å². The smallest absolute Gasteiger partial charge is 0.341 e. The zero-order valence-corrected chi connectivity index (χ0v) is 15.9. The zero-order valence-electron chi connectivity index (χ0n) is 14.2. The Morgan fingerprint density at radius 2 is 1.93 bits per heavy atom. The van der Waals surface area contributed by atoms with E-state index in [4.69, 9.17) is 26.8 Å². The fraction of sp³-hybridized carbons (Fsp3) is 0.105. The summed E-state index contributed by atoms with van der Waals surface area (Å²) in [5.41, 5.74) is 1.38. The van der Waals surface area contributed by atoms with Crippen LogP contribution < -0.4 is 14.4 Å². The normalized spacial score (nSPS) is 15.3. The number of aliphatic carboxylic acids is 1. The van der Waals surface area contributed by atoms with E-state index < -0.39 is 12.6 Å². The molecule has 1 fully saturated rings. The van der Waals surface area contributed by atoms with Crippen LogP contribution in [-0.2, 0) is 9.59 Å². The lowest BCUT2D eigenvalue weighted by atomic mass is 10.2. The van der Waals surface area contributed by atoms with Crippen LogP contribution >= 0.6 is 24.0 Å². The molecular formula is C19H15NO5S2. The topological polar surface area (TPSA) is 76.1 Å². The Morgan fingerprint density at radius 3 is 2.59 bits per heavy atom. The van der Waals surface area contributed by atoms with E-state index in [1.165, 1.54) is 16.7 Å². The third-order valence-electron chi connectivity index (χ3n) is 3.66. The third-order valence-corrected chi connectivity index (χ3v) is 4.96. The Balaban J connectivity index is 1.81. The van der Waals surface area contributed by atoms with Crippen LogP contribution in [0, 0.1) is 0 Å². The van der Waals surface area contributed by atoms with Crippen molar-refractivity contribution < 1.29 is 24.2 Å². The van der Waals surface area contributed by atoms with Gasteiger partial charge in [0.25, 0.3) is 5.91 Å². The largest absolute Gasteiger partial charge is 0.495 e. The highest BCUT2D eigenvalue weighted by Gasteiger charge is 2.34. The van der Waals surface area contributed by atoms with E-state index in [1.807, 2.05) is 12.1 Å². The molecular weight excluding hydrogens is 386 g/mol. The summed E-state index contributed by atoms with van der Waals surface area (Å²) in [6.07, 6.45) is 1.73. The highest BCUT2D eigenvalue weighted by atomic mass is 32.2. The van der Waals surface area contributed by atoms with E-state index in [0.29, 0.717) is 26.4 Å². The Hall–Kier alpha value is -2.84. The Labute approximate surface area is 165 Å². The van der Waals surface area contributed by atoms with Crippen molar-refractivity contribution >= 4 is 51.9 Å². The maximum Gasteiger partial charge on any atom is 0.341 e. The molecule has 138 valence electrons. The van der Waals surface area contributed by atoms with Gasteiger partial charge in [-0.2, -0.15) is 0 Å². The predicted octanol–water partition coefficient (Wildman–Crippen LogP) is 3.56. The number of rotatable bonds is 6. The molecule has 0 bridgehead atoms. The number of thioether (sulfide) groups is 1. The molecule has 0 aromatic heterocycles. The first-order valence-electron chi connectivity index (χ1n) is 7.85. The van der Waals surface area contributed by atoms with Gasteiger partial charge >= 0.3 is 5.97 Å². The first-order chi connectivity index (χ1) is 13.0. The number of nitrogens with zero attached hydrogens (tertiary/aromatic N) is 1. The minimum atomic E-state index is -1.04. The number of anilines is 1. The van der Waals surface area contributed by atoms with Gasteiger partial charge in [0.2, 0.25) is 0 Å². The van der Waals surface area contributed by atoms with Gasteiger partial charge < -0.3 is 14.6 Å². The molecule has 1 saturated heterocycles. The summed E-state index contributed by atoms with van der Waals surface area (Å²) in [5.74, 6) is -0.258. The third kappa shape index (κ3) is 4.29. The van der Waals surface area contributed by atoms with E-state index >= 15 is 0 Å². The molecule has 3 rings (SSSR count). The van der Waals surface area contributed by atoms with Crippen LogP contribution in [0.15, 0.2) is 53.4 Å². The van der Waals surface area contributed by atoms with Gasteiger partial charge in [-0.3, -0.25) is 9.69 Å². The van der Waals surface area contributed by atoms with Crippen molar-refractivity contribution in [2.75, 3.05) is 18.6 Å². The second-order valence-corrected chi connectivity index (χ2v) is 7.12. The van der Waals surface area contributed by atoms with Gasteiger partial charge in [0.15, 0.2) is 10.9 Å². The number of carbonyl (C=O) groups is 2. The second kappa shape index (κ2) is 8.24. The van der Waals surface area contributed by atoms with E-state index in [-0.39, 0.29) is 5.91 Å². The molecule has 6 nitrogen and oxygen atoms in total. The minimum Gasteiger partial charge on any atom is -0.495 e. The summed E-state index contributed by atoms with van der Waals surface area (Å²) in [4.78, 5) is 25.3. The maximum atomic E-state index is 12.8. The molecule has 0 atom stereocenters. The zero-order chi connectivity index (χ0) is 19.4. The lowest BCUT2D eigenvalue weighted by Crippen LogP contribution is -2.27. The average molecular weight is 401 g/mol. The molecule has 0 spiro atoms. The molecule has 1 heterocycles. The van der Waals surface area contributed by atoms with Crippen LogP contribution in [0.25, 0.3) is 6.08 Å². The van der Waals surface area contributed by atoms with Gasteiger partial charge in [0.1, 0.15) is 11.5 Å². The Kier molecular flexibility index (Phi) is 5.78. The van der Waals surface area contributed by atoms with Crippen LogP contribution in [0.5, 0.6) is 11.5 Å². The van der Waals surface area contributed by atoms with Crippen LogP contribution in [0.2, 0.25) is 0 Å². The van der Waals surface area contributed by atoms with Crippen LogP contribution in [0.3, 0.4) is 0 Å². The second-order valence-electron chi connectivity index (χ2n) is 5.44. The summed E-state index contributed by atoms with van der Waals surface area (Å²) in [6.45, 7) is -0.406. The lowest BCUT2D eigenvalue weighted by molar-refractivity contribution is -0.139. The number of amides is 1. The molecule has 0 radical (unpaired) electrons. The number of benzene rings is 2. The molecule has 8 heteroatoms. The van der Waals surface area contributed by atoms with Gasteiger partial charge in [-0.1, -0.05) is 48.2 Å². The Morgan fingerprint density at radius 1 is 1.22 bits per heavy atom. The molecule has 1 N–H and O–H groups in total. The summed E-state index contributed by atoms with van der Waals surface area (Å²) < 4.78 is 10.8. The number of carboxylic acid groups (broad SMARTS) is 1. The fourth-order valence-electron chi connectivity index (χ4n) is 2.45. The number of hydrogen-bond acceptors (Lipinski definition) is 6. The van der Waals surface area contributed by atoms with Crippen LogP contribution in [0.1, 0.15) is 5.56 Å². The van der Waals surface area contributed by atoms with Gasteiger partial charge in [0, 0.05) is 0 Å². The van der Waals surface area contributed by atoms with Crippen LogP contribution in [-0.4, -0.2) is 35.0 Å². The number of methoxy groups -OCH3 is 1. The van der Waals surface area contributed by atoms with Crippen molar-refractivity contribution in [1.82, 2.24) is 0 Å². The monoisotopic (exact) mass is 401 g/mol. The molecule has 1 aliphatic heterocycles. The highest BCUT2D eigenvalue weighted by Crippen LogP contribution is 2.39. The average Bonchev–Trinajstić information content (AvgIpc) is 2.94. The van der Waals surface area contributed by atoms with E-state index in [0.717, 1.165) is 5.56 Å². The number of thiocarbonyl (C=S) groups is 1. The molecule has 1 amide bonds. The quantitative estimate of drug-likeness (QED) is 0.586. The van der Waals surface area contributed by atoms with E-state index in [9.17, 15) is 9.59 Å². The molecule has 0 saturated carbocycles. The summed E-state index contributed by atoms with van der Waals surface area (Å²) in [7, 11) is 1.54. The maximum absolute atomic E-state index is 12.8. The summed E-state index contributed by atoms with van der Waals surface area (Å²) in [5, 5.41) is 8.63. The summed E-state index contributed by atoms with van der Waals surface area (Å²) in [6, 6.07) is 14.0. The number of hydrogen-bond donors (Lipinski definition) is 1. The van der Waals surface area contributed by atoms with Crippen molar-refractivity contribution in [2.45, 2.75) is 0 Å². The lowest BCUT2D eigenvalue weighted by Gasteiger charge is -2.17. The predicted molar refractivity (Wildman–Crippen MR) is 108 cm³/mol. The summed E-state index contributed by atoms with van der Waals surface area (Å²) >= 11 is 6.59. The first kappa shape index (κ1) is 18.9. The highest BCUT2D eigenvalue weighted by molar-refractivity contribution is 8.27. The van der Waals surface area contributed by atoms with Crippen molar-refractivity contribution in [3.8, 4) is 11.5 Å². The number of carbonyl (C=O) groups excluding carboxylic acids is 1. The van der Waals surface area contributed by atoms with Gasteiger partial charge in [-0.05, 0) is 35.9 Å². The minimum absolute atomic E-state index is 0.222. The van der Waals surface area contributed by atoms with Gasteiger partial charge in [-0.25, -0.2) is 4.79 Å². The van der Waals surface area contributed by atoms with Crippen molar-refractivity contribution in [3.05, 3.63) is 59.0 Å². The van der Waals surface area contributed by atoms with Gasteiger partial charge in [-0.15, -0.1) is 0 Å². The molecule has 0 unspecified atom stereocenters. The molecule has 27 heavy (non-hydrogen) atoms. The van der Waals surface area contributed by atoms with Gasteiger partial charge in [0.05, 0.1) is 17.7 Å².